The molecule has 0 unspecified atom stereocenters. The summed E-state index contributed by atoms with van der Waals surface area (Å²) in [5.74, 6) is 0.598. The van der Waals surface area contributed by atoms with Gasteiger partial charge >= 0.3 is 0 Å². The van der Waals surface area contributed by atoms with Gasteiger partial charge in [0.2, 0.25) is 5.91 Å². The number of rotatable bonds is 7. The van der Waals surface area contributed by atoms with Gasteiger partial charge < -0.3 is 9.64 Å². The van der Waals surface area contributed by atoms with Crippen molar-refractivity contribution in [2.24, 2.45) is 5.92 Å². The Morgan fingerprint density at radius 3 is 2.37 bits per heavy atom. The maximum absolute atomic E-state index is 12.6. The fraction of sp³-hybridized carbons (Fsp3) is 0.933. The molecular weight excluding hydrogens is 306 g/mol. The van der Waals surface area contributed by atoms with E-state index in [-0.39, 0.29) is 12.0 Å². The number of hydrogen-bond acceptors (Lipinski definition) is 2. The van der Waals surface area contributed by atoms with E-state index in [2.05, 4.69) is 29.8 Å². The second-order valence-electron chi connectivity index (χ2n) is 5.62. The van der Waals surface area contributed by atoms with E-state index in [9.17, 15) is 4.79 Å². The first-order valence-corrected chi connectivity index (χ1v) is 8.73. The zero-order chi connectivity index (χ0) is 14.1. The van der Waals surface area contributed by atoms with Crippen LogP contribution in [0.3, 0.4) is 0 Å². The third kappa shape index (κ3) is 6.26. The number of alkyl halides is 1. The summed E-state index contributed by atoms with van der Waals surface area (Å²) in [6.07, 6.45) is 7.15. The monoisotopic (exact) mass is 333 g/mol. The van der Waals surface area contributed by atoms with Crippen molar-refractivity contribution in [1.82, 2.24) is 4.90 Å². The van der Waals surface area contributed by atoms with E-state index in [1.165, 1.54) is 25.7 Å². The molecule has 0 bridgehead atoms. The molecule has 0 aromatic heterocycles. The largest absolute Gasteiger partial charge is 0.379 e. The van der Waals surface area contributed by atoms with Gasteiger partial charge in [0.25, 0.3) is 0 Å². The molecule has 1 saturated carbocycles. The highest BCUT2D eigenvalue weighted by atomic mass is 79.9. The zero-order valence-corrected chi connectivity index (χ0v) is 14.0. The van der Waals surface area contributed by atoms with Crippen LogP contribution in [0.2, 0.25) is 0 Å². The van der Waals surface area contributed by atoms with E-state index in [4.69, 9.17) is 4.74 Å². The zero-order valence-electron chi connectivity index (χ0n) is 12.4. The van der Waals surface area contributed by atoms with E-state index in [0.717, 1.165) is 24.7 Å². The number of amides is 1. The topological polar surface area (TPSA) is 29.5 Å². The summed E-state index contributed by atoms with van der Waals surface area (Å²) in [4.78, 5) is 14.6. The van der Waals surface area contributed by atoms with Crippen molar-refractivity contribution < 1.29 is 9.53 Å². The van der Waals surface area contributed by atoms with Crippen molar-refractivity contribution in [3.63, 3.8) is 0 Å². The van der Waals surface area contributed by atoms with Crippen LogP contribution in [0.25, 0.3) is 0 Å². The van der Waals surface area contributed by atoms with Gasteiger partial charge in [-0.15, -0.1) is 0 Å². The fourth-order valence-electron chi connectivity index (χ4n) is 2.70. The summed E-state index contributed by atoms with van der Waals surface area (Å²) in [5, 5.41) is 0.852. The van der Waals surface area contributed by atoms with Crippen LogP contribution < -0.4 is 0 Å². The van der Waals surface area contributed by atoms with Crippen LogP contribution in [0.4, 0.5) is 0 Å². The predicted octanol–water partition coefficient (Wildman–Crippen LogP) is 3.61. The van der Waals surface area contributed by atoms with Gasteiger partial charge in [-0.25, -0.2) is 0 Å². The minimum absolute atomic E-state index is 0.251. The minimum atomic E-state index is 0.251. The SMILES string of the molecule is CC(C)N(CCOCCBr)C(=O)C1CCCCCC1. The lowest BCUT2D eigenvalue weighted by Crippen LogP contribution is -2.42. The van der Waals surface area contributed by atoms with Gasteiger partial charge in [0.1, 0.15) is 0 Å². The predicted molar refractivity (Wildman–Crippen MR) is 82.7 cm³/mol. The molecule has 0 saturated heterocycles. The van der Waals surface area contributed by atoms with Gasteiger partial charge in [-0.2, -0.15) is 0 Å². The third-order valence-corrected chi connectivity index (χ3v) is 4.13. The molecule has 19 heavy (non-hydrogen) atoms. The van der Waals surface area contributed by atoms with Gasteiger partial charge in [0.05, 0.1) is 13.2 Å². The molecule has 0 radical (unpaired) electrons. The molecule has 0 aromatic rings. The number of nitrogens with zero attached hydrogens (tertiary/aromatic N) is 1. The number of halogens is 1. The smallest absolute Gasteiger partial charge is 0.225 e. The Morgan fingerprint density at radius 2 is 1.84 bits per heavy atom. The molecule has 0 aliphatic heterocycles. The third-order valence-electron chi connectivity index (χ3n) is 3.81. The summed E-state index contributed by atoms with van der Waals surface area (Å²) in [6.45, 7) is 6.27. The standard InChI is InChI=1S/C15H28BrNO2/c1-13(2)17(10-12-19-11-9-16)15(18)14-7-5-3-4-6-8-14/h13-14H,3-12H2,1-2H3. The molecular formula is C15H28BrNO2. The normalized spacial score (nSPS) is 17.5. The average Bonchev–Trinajstić information content (AvgIpc) is 2.66. The van der Waals surface area contributed by atoms with Gasteiger partial charge in [0.15, 0.2) is 0 Å². The lowest BCUT2D eigenvalue weighted by molar-refractivity contribution is -0.138. The van der Waals surface area contributed by atoms with Crippen LogP contribution in [0.15, 0.2) is 0 Å². The van der Waals surface area contributed by atoms with Crippen molar-refractivity contribution in [2.45, 2.75) is 58.4 Å². The summed E-state index contributed by atoms with van der Waals surface area (Å²) in [7, 11) is 0. The quantitative estimate of drug-likeness (QED) is 0.404. The van der Waals surface area contributed by atoms with Gasteiger partial charge in [-0.05, 0) is 26.7 Å². The van der Waals surface area contributed by atoms with Gasteiger partial charge in [-0.1, -0.05) is 41.6 Å². The Kier molecular flexibility index (Phi) is 8.71. The minimum Gasteiger partial charge on any atom is -0.379 e. The molecule has 0 aromatic carbocycles. The second-order valence-corrected chi connectivity index (χ2v) is 6.41. The summed E-state index contributed by atoms with van der Waals surface area (Å²) in [5.41, 5.74) is 0. The number of ether oxygens (including phenoxy) is 1. The molecule has 112 valence electrons. The van der Waals surface area contributed by atoms with Crippen molar-refractivity contribution in [3.8, 4) is 0 Å². The van der Waals surface area contributed by atoms with Crippen molar-refractivity contribution >= 4 is 21.8 Å². The van der Waals surface area contributed by atoms with Crippen molar-refractivity contribution in [3.05, 3.63) is 0 Å². The van der Waals surface area contributed by atoms with Crippen LogP contribution in [0, 0.1) is 5.92 Å². The first-order valence-electron chi connectivity index (χ1n) is 7.61. The summed E-state index contributed by atoms with van der Waals surface area (Å²) < 4.78 is 5.48. The molecule has 1 rings (SSSR count). The maximum Gasteiger partial charge on any atom is 0.225 e. The van der Waals surface area contributed by atoms with Gasteiger partial charge in [0, 0.05) is 23.8 Å². The van der Waals surface area contributed by atoms with E-state index in [0.29, 0.717) is 19.1 Å². The Labute approximate surface area is 126 Å². The summed E-state index contributed by atoms with van der Waals surface area (Å²) in [6, 6.07) is 0.267. The van der Waals surface area contributed by atoms with Crippen LogP contribution >= 0.6 is 15.9 Å². The Bertz CT molecular complexity index is 251. The van der Waals surface area contributed by atoms with Gasteiger partial charge in [-0.3, -0.25) is 4.79 Å². The highest BCUT2D eigenvalue weighted by Gasteiger charge is 2.26. The maximum atomic E-state index is 12.6. The average molecular weight is 334 g/mol. The molecule has 0 atom stereocenters. The van der Waals surface area contributed by atoms with E-state index >= 15 is 0 Å². The van der Waals surface area contributed by atoms with Crippen molar-refractivity contribution in [1.29, 1.82) is 0 Å². The lowest BCUT2D eigenvalue weighted by Gasteiger charge is -2.30. The van der Waals surface area contributed by atoms with Crippen molar-refractivity contribution in [2.75, 3.05) is 25.1 Å². The molecule has 0 heterocycles. The highest BCUT2D eigenvalue weighted by Crippen LogP contribution is 2.25. The Morgan fingerprint density at radius 1 is 1.21 bits per heavy atom. The molecule has 1 amide bonds. The number of hydrogen-bond donors (Lipinski definition) is 0. The molecule has 3 nitrogen and oxygen atoms in total. The molecule has 0 N–H and O–H groups in total. The molecule has 4 heteroatoms. The van der Waals surface area contributed by atoms with E-state index < -0.39 is 0 Å². The Hall–Kier alpha value is -0.0900. The number of carbonyl (C=O) groups excluding carboxylic acids is 1. The molecule has 0 spiro atoms. The molecule has 1 aliphatic rings. The number of carbonyl (C=O) groups is 1. The van der Waals surface area contributed by atoms with Crippen LogP contribution in [0.1, 0.15) is 52.4 Å². The summed E-state index contributed by atoms with van der Waals surface area (Å²) >= 11 is 3.34. The van der Waals surface area contributed by atoms with Crippen LogP contribution in [-0.2, 0) is 9.53 Å². The van der Waals surface area contributed by atoms with E-state index in [1.54, 1.807) is 0 Å². The molecule has 1 fully saturated rings. The lowest BCUT2D eigenvalue weighted by atomic mass is 9.98. The van der Waals surface area contributed by atoms with Crippen LogP contribution in [-0.4, -0.2) is 41.9 Å². The molecule has 1 aliphatic carbocycles. The Balaban J connectivity index is 2.46. The second kappa shape index (κ2) is 9.76. The van der Waals surface area contributed by atoms with E-state index in [1.807, 2.05) is 4.90 Å². The first-order chi connectivity index (χ1) is 9.16. The first kappa shape index (κ1) is 17.0. The highest BCUT2D eigenvalue weighted by molar-refractivity contribution is 9.09. The fourth-order valence-corrected chi connectivity index (χ4v) is 2.93. The van der Waals surface area contributed by atoms with Crippen LogP contribution in [0.5, 0.6) is 0 Å².